The summed E-state index contributed by atoms with van der Waals surface area (Å²) in [5.74, 6) is -0.862. The average Bonchev–Trinajstić information content (AvgIpc) is 2.60. The van der Waals surface area contributed by atoms with E-state index in [9.17, 15) is 4.79 Å². The van der Waals surface area contributed by atoms with Crippen LogP contribution in [0, 0.1) is 11.3 Å². The van der Waals surface area contributed by atoms with E-state index in [1.54, 1.807) is 24.5 Å². The van der Waals surface area contributed by atoms with Crippen LogP contribution < -0.4 is 0 Å². The minimum Gasteiger partial charge on any atom is -0.481 e. The van der Waals surface area contributed by atoms with Crippen LogP contribution in [0.3, 0.4) is 0 Å². The molecule has 0 radical (unpaired) electrons. The predicted molar refractivity (Wildman–Crippen MR) is 92.6 cm³/mol. The molecule has 0 bridgehead atoms. The molecule has 0 spiro atoms. The Balaban J connectivity index is 2.10. The van der Waals surface area contributed by atoms with E-state index in [4.69, 9.17) is 10.4 Å². The zero-order valence-electron chi connectivity index (χ0n) is 13.2. The zero-order chi connectivity index (χ0) is 17.1. The monoisotopic (exact) mass is 316 g/mol. The summed E-state index contributed by atoms with van der Waals surface area (Å²) >= 11 is 0. The third-order valence-electron chi connectivity index (χ3n) is 4.16. The van der Waals surface area contributed by atoms with E-state index in [2.05, 4.69) is 11.1 Å². The number of nitriles is 1. The molecule has 0 amide bonds. The summed E-state index contributed by atoms with van der Waals surface area (Å²) in [5.41, 5.74) is 3.56. The van der Waals surface area contributed by atoms with Crippen LogP contribution in [-0.2, 0) is 4.79 Å². The molecule has 118 valence electrons. The van der Waals surface area contributed by atoms with Crippen molar-refractivity contribution in [2.45, 2.75) is 19.3 Å². The Morgan fingerprint density at radius 1 is 1.21 bits per heavy atom. The van der Waals surface area contributed by atoms with Gasteiger partial charge in [0.1, 0.15) is 0 Å². The van der Waals surface area contributed by atoms with Gasteiger partial charge in [-0.3, -0.25) is 9.78 Å². The summed E-state index contributed by atoms with van der Waals surface area (Å²) in [6.07, 6.45) is 3.70. The molecule has 1 N–H and O–H groups in total. The van der Waals surface area contributed by atoms with Gasteiger partial charge < -0.3 is 5.11 Å². The highest BCUT2D eigenvalue weighted by Crippen LogP contribution is 2.31. The first-order valence-electron chi connectivity index (χ1n) is 7.68. The maximum Gasteiger partial charge on any atom is 0.303 e. The zero-order valence-corrected chi connectivity index (χ0v) is 13.2. The molecule has 1 unspecified atom stereocenters. The number of fused-ring (bicyclic) bond motifs is 1. The maximum atomic E-state index is 11.0. The Hall–Kier alpha value is -3.19. The molecule has 0 saturated carbocycles. The second kappa shape index (κ2) is 6.51. The fourth-order valence-corrected chi connectivity index (χ4v) is 2.82. The lowest BCUT2D eigenvalue weighted by molar-refractivity contribution is -0.137. The number of carboxylic acid groups (broad SMARTS) is 1. The third-order valence-corrected chi connectivity index (χ3v) is 4.16. The molecule has 24 heavy (non-hydrogen) atoms. The van der Waals surface area contributed by atoms with Gasteiger partial charge in [-0.25, -0.2) is 0 Å². The first-order chi connectivity index (χ1) is 11.6. The van der Waals surface area contributed by atoms with Gasteiger partial charge in [-0.05, 0) is 34.6 Å². The Kier molecular flexibility index (Phi) is 4.26. The molecule has 3 rings (SSSR count). The Morgan fingerprint density at radius 3 is 2.62 bits per heavy atom. The minimum atomic E-state index is -0.801. The molecular formula is C20H16N2O2. The number of hydrogen-bond donors (Lipinski definition) is 1. The number of carbonyl (C=O) groups is 1. The molecule has 0 aliphatic rings. The van der Waals surface area contributed by atoms with Crippen LogP contribution >= 0.6 is 0 Å². The van der Waals surface area contributed by atoms with Gasteiger partial charge >= 0.3 is 5.97 Å². The molecule has 0 fully saturated rings. The molecule has 4 nitrogen and oxygen atoms in total. The fourth-order valence-electron chi connectivity index (χ4n) is 2.82. The number of hydrogen-bond acceptors (Lipinski definition) is 3. The van der Waals surface area contributed by atoms with Crippen molar-refractivity contribution in [1.82, 2.24) is 4.98 Å². The Morgan fingerprint density at radius 2 is 1.96 bits per heavy atom. The van der Waals surface area contributed by atoms with Crippen molar-refractivity contribution in [3.05, 3.63) is 66.0 Å². The van der Waals surface area contributed by atoms with Crippen molar-refractivity contribution >= 4 is 16.7 Å². The number of carboxylic acids is 1. The first kappa shape index (κ1) is 15.7. The Bertz CT molecular complexity index is 940. The molecule has 0 saturated heterocycles. The minimum absolute atomic E-state index is 0.0612. The van der Waals surface area contributed by atoms with Crippen molar-refractivity contribution < 1.29 is 9.90 Å². The lowest BCUT2D eigenvalue weighted by Crippen LogP contribution is -2.02. The molecule has 0 aliphatic heterocycles. The van der Waals surface area contributed by atoms with Crippen molar-refractivity contribution in [1.29, 1.82) is 5.26 Å². The molecule has 1 heterocycles. The summed E-state index contributed by atoms with van der Waals surface area (Å²) in [5, 5.41) is 20.0. The van der Waals surface area contributed by atoms with Crippen LogP contribution in [0.2, 0.25) is 0 Å². The highest BCUT2D eigenvalue weighted by atomic mass is 16.4. The number of aromatic nitrogens is 1. The van der Waals surface area contributed by atoms with Crippen LogP contribution in [0.1, 0.15) is 30.4 Å². The quantitative estimate of drug-likeness (QED) is 0.776. The predicted octanol–water partition coefficient (Wildman–Crippen LogP) is 4.35. The third kappa shape index (κ3) is 3.11. The average molecular weight is 316 g/mol. The van der Waals surface area contributed by atoms with E-state index < -0.39 is 5.97 Å². The highest BCUT2D eigenvalue weighted by molar-refractivity contribution is 5.96. The number of pyridine rings is 1. The van der Waals surface area contributed by atoms with Gasteiger partial charge in [-0.15, -0.1) is 0 Å². The van der Waals surface area contributed by atoms with Gasteiger partial charge in [0, 0.05) is 23.3 Å². The number of aliphatic carboxylic acids is 1. The lowest BCUT2D eigenvalue weighted by atomic mass is 9.93. The standard InChI is InChI=1S/C20H16N2O2/c1-13(8-20(23)24)16-6-7-17-11-22-12-19(18(17)9-16)15-4-2-14(10-21)3-5-15/h2-7,9,11-13H,8H2,1H3,(H,23,24). The number of benzene rings is 2. The first-order valence-corrected chi connectivity index (χ1v) is 7.68. The molecule has 4 heteroatoms. The van der Waals surface area contributed by atoms with Crippen molar-refractivity contribution in [2.75, 3.05) is 0 Å². The molecule has 1 atom stereocenters. The van der Waals surface area contributed by atoms with Crippen LogP contribution in [-0.4, -0.2) is 16.1 Å². The van der Waals surface area contributed by atoms with E-state index in [-0.39, 0.29) is 12.3 Å². The van der Waals surface area contributed by atoms with E-state index in [1.807, 2.05) is 37.3 Å². The molecule has 1 aromatic heterocycles. The highest BCUT2D eigenvalue weighted by Gasteiger charge is 2.12. The van der Waals surface area contributed by atoms with Crippen molar-refractivity contribution in [2.24, 2.45) is 0 Å². The summed E-state index contributed by atoms with van der Waals surface area (Å²) in [7, 11) is 0. The fraction of sp³-hybridized carbons (Fsp3) is 0.150. The van der Waals surface area contributed by atoms with Crippen LogP contribution in [0.5, 0.6) is 0 Å². The topological polar surface area (TPSA) is 74.0 Å². The molecule has 3 aromatic rings. The van der Waals surface area contributed by atoms with Crippen LogP contribution in [0.4, 0.5) is 0 Å². The second-order valence-electron chi connectivity index (χ2n) is 5.86. The molecule has 0 aliphatic carbocycles. The van der Waals surface area contributed by atoms with Gasteiger partial charge in [-0.1, -0.05) is 37.3 Å². The SMILES string of the molecule is CC(CC(=O)O)c1ccc2cncc(-c3ccc(C#N)cc3)c2c1. The number of rotatable bonds is 4. The van der Waals surface area contributed by atoms with Crippen molar-refractivity contribution in [3.63, 3.8) is 0 Å². The van der Waals surface area contributed by atoms with Gasteiger partial charge in [0.05, 0.1) is 18.1 Å². The maximum absolute atomic E-state index is 11.0. The summed E-state index contributed by atoms with van der Waals surface area (Å²) in [6, 6.07) is 15.5. The summed E-state index contributed by atoms with van der Waals surface area (Å²) < 4.78 is 0. The number of nitrogens with zero attached hydrogens (tertiary/aromatic N) is 2. The van der Waals surface area contributed by atoms with Crippen LogP contribution in [0.15, 0.2) is 54.9 Å². The van der Waals surface area contributed by atoms with Gasteiger partial charge in [0.2, 0.25) is 0 Å². The van der Waals surface area contributed by atoms with Gasteiger partial charge in [0.15, 0.2) is 0 Å². The van der Waals surface area contributed by atoms with E-state index in [1.165, 1.54) is 0 Å². The second-order valence-corrected chi connectivity index (χ2v) is 5.86. The van der Waals surface area contributed by atoms with Crippen molar-refractivity contribution in [3.8, 4) is 17.2 Å². The van der Waals surface area contributed by atoms with Crippen LogP contribution in [0.25, 0.3) is 21.9 Å². The summed E-state index contributed by atoms with van der Waals surface area (Å²) in [4.78, 5) is 15.3. The Labute approximate surface area is 140 Å². The van der Waals surface area contributed by atoms with Gasteiger partial charge in [-0.2, -0.15) is 5.26 Å². The molecular weight excluding hydrogens is 300 g/mol. The van der Waals surface area contributed by atoms with Gasteiger partial charge in [0.25, 0.3) is 0 Å². The largest absolute Gasteiger partial charge is 0.481 e. The lowest BCUT2D eigenvalue weighted by Gasteiger charge is -2.12. The summed E-state index contributed by atoms with van der Waals surface area (Å²) in [6.45, 7) is 1.91. The normalized spacial score (nSPS) is 11.8. The smallest absolute Gasteiger partial charge is 0.303 e. The van der Waals surface area contributed by atoms with E-state index in [0.717, 1.165) is 27.5 Å². The van der Waals surface area contributed by atoms with E-state index >= 15 is 0 Å². The molecule has 2 aromatic carbocycles. The van der Waals surface area contributed by atoms with E-state index in [0.29, 0.717) is 5.56 Å².